The Balaban J connectivity index is 0.00000280. The van der Waals surface area contributed by atoms with Crippen LogP contribution in [0.5, 0.6) is 11.5 Å². The van der Waals surface area contributed by atoms with Crippen molar-refractivity contribution in [2.45, 2.75) is 12.5 Å². The molecule has 1 unspecified atom stereocenters. The lowest BCUT2D eigenvalue weighted by Crippen LogP contribution is -2.37. The van der Waals surface area contributed by atoms with Crippen molar-refractivity contribution in [3.05, 3.63) is 54.1 Å². The molecule has 152 valence electrons. The van der Waals surface area contributed by atoms with Gasteiger partial charge in [-0.3, -0.25) is 4.99 Å². The fraction of sp³-hybridized carbons (Fsp3) is 0.381. The van der Waals surface area contributed by atoms with Gasteiger partial charge in [-0.2, -0.15) is 0 Å². The number of nitrogens with one attached hydrogen (secondary N) is 2. The molecule has 0 amide bonds. The van der Waals surface area contributed by atoms with Crippen LogP contribution in [0, 0.1) is 0 Å². The summed E-state index contributed by atoms with van der Waals surface area (Å²) in [5.74, 6) is 2.27. The molecule has 28 heavy (non-hydrogen) atoms. The first-order chi connectivity index (χ1) is 13.2. The molecule has 1 heterocycles. The fourth-order valence-corrected chi connectivity index (χ4v) is 3.02. The molecule has 1 aliphatic heterocycles. The lowest BCUT2D eigenvalue weighted by atomic mass is 10.1. The van der Waals surface area contributed by atoms with Crippen LogP contribution in [-0.4, -0.2) is 51.8 Å². The van der Waals surface area contributed by atoms with E-state index in [2.05, 4.69) is 58.9 Å². The molecule has 0 fully saturated rings. The molecular formula is C21H29IN4O2. The van der Waals surface area contributed by atoms with Crippen LogP contribution in [0.2, 0.25) is 0 Å². The van der Waals surface area contributed by atoms with Crippen LogP contribution in [0.3, 0.4) is 0 Å². The number of nitrogens with zero attached hydrogens (tertiary/aromatic N) is 2. The second-order valence-electron chi connectivity index (χ2n) is 6.68. The third-order valence-electron chi connectivity index (χ3n) is 4.50. The summed E-state index contributed by atoms with van der Waals surface area (Å²) < 4.78 is 11.4. The van der Waals surface area contributed by atoms with Gasteiger partial charge in [0.2, 0.25) is 0 Å². The second-order valence-corrected chi connectivity index (χ2v) is 6.68. The van der Waals surface area contributed by atoms with E-state index >= 15 is 0 Å². The summed E-state index contributed by atoms with van der Waals surface area (Å²) in [5, 5.41) is 6.75. The van der Waals surface area contributed by atoms with Crippen LogP contribution in [0.1, 0.15) is 18.0 Å². The molecule has 0 bridgehead atoms. The van der Waals surface area contributed by atoms with Gasteiger partial charge in [0.05, 0.1) is 19.3 Å². The largest absolute Gasteiger partial charge is 0.490 e. The molecule has 2 N–H and O–H groups in total. The van der Waals surface area contributed by atoms with Crippen molar-refractivity contribution < 1.29 is 9.47 Å². The van der Waals surface area contributed by atoms with E-state index in [4.69, 9.17) is 9.47 Å². The smallest absolute Gasteiger partial charge is 0.195 e. The molecule has 2 aromatic rings. The molecule has 1 aliphatic rings. The van der Waals surface area contributed by atoms with E-state index in [0.717, 1.165) is 30.2 Å². The van der Waals surface area contributed by atoms with Crippen LogP contribution in [0.15, 0.2) is 53.5 Å². The van der Waals surface area contributed by atoms with E-state index < -0.39 is 0 Å². The maximum atomic E-state index is 5.76. The topological polar surface area (TPSA) is 58.1 Å². The van der Waals surface area contributed by atoms with Crippen molar-refractivity contribution in [1.29, 1.82) is 0 Å². The monoisotopic (exact) mass is 496 g/mol. The Morgan fingerprint density at radius 2 is 1.79 bits per heavy atom. The van der Waals surface area contributed by atoms with Crippen molar-refractivity contribution in [1.82, 2.24) is 10.2 Å². The molecule has 0 aliphatic carbocycles. The first kappa shape index (κ1) is 22.3. The molecule has 0 saturated heterocycles. The maximum absolute atomic E-state index is 5.76. The fourth-order valence-electron chi connectivity index (χ4n) is 3.02. The number of rotatable bonds is 5. The Morgan fingerprint density at radius 3 is 2.46 bits per heavy atom. The van der Waals surface area contributed by atoms with Gasteiger partial charge in [-0.15, -0.1) is 24.0 Å². The quantitative estimate of drug-likeness (QED) is 0.375. The normalized spacial score (nSPS) is 14.6. The number of anilines is 1. The third kappa shape index (κ3) is 6.00. The number of halogens is 1. The van der Waals surface area contributed by atoms with Crippen LogP contribution < -0.4 is 20.1 Å². The van der Waals surface area contributed by atoms with E-state index in [9.17, 15) is 0 Å². The number of guanidine groups is 1. The van der Waals surface area contributed by atoms with Gasteiger partial charge in [0, 0.05) is 31.8 Å². The number of hydrogen-bond donors (Lipinski definition) is 2. The van der Waals surface area contributed by atoms with Crippen LogP contribution in [0.25, 0.3) is 0 Å². The summed E-state index contributed by atoms with van der Waals surface area (Å²) in [6, 6.07) is 16.6. The van der Waals surface area contributed by atoms with Crippen LogP contribution in [-0.2, 0) is 0 Å². The molecule has 3 rings (SSSR count). The van der Waals surface area contributed by atoms with Gasteiger partial charge in [-0.05, 0) is 31.8 Å². The molecule has 0 saturated carbocycles. The Hall–Kier alpha value is -2.00. The summed E-state index contributed by atoms with van der Waals surface area (Å²) in [5.41, 5.74) is 2.18. The average molecular weight is 496 g/mol. The minimum Gasteiger partial charge on any atom is -0.490 e. The van der Waals surface area contributed by atoms with Gasteiger partial charge in [-0.1, -0.05) is 30.3 Å². The summed E-state index contributed by atoms with van der Waals surface area (Å²) in [6.45, 7) is 2.10. The molecular weight excluding hydrogens is 467 g/mol. The second kappa shape index (κ2) is 11.1. The highest BCUT2D eigenvalue weighted by Gasteiger charge is 2.15. The number of benzene rings is 2. The number of hydrogen-bond acceptors (Lipinski definition) is 4. The minimum absolute atomic E-state index is 0. The first-order valence-corrected chi connectivity index (χ1v) is 9.26. The zero-order valence-corrected chi connectivity index (χ0v) is 19.0. The zero-order chi connectivity index (χ0) is 19.1. The van der Waals surface area contributed by atoms with Crippen molar-refractivity contribution in [2.24, 2.45) is 4.99 Å². The summed E-state index contributed by atoms with van der Waals surface area (Å²) >= 11 is 0. The van der Waals surface area contributed by atoms with E-state index in [1.165, 1.54) is 5.56 Å². The highest BCUT2D eigenvalue weighted by molar-refractivity contribution is 14.0. The summed E-state index contributed by atoms with van der Waals surface area (Å²) in [6.07, 6.45) is 0.895. The Kier molecular flexibility index (Phi) is 8.85. The molecule has 0 radical (unpaired) electrons. The lowest BCUT2D eigenvalue weighted by Gasteiger charge is -2.26. The van der Waals surface area contributed by atoms with Gasteiger partial charge in [0.25, 0.3) is 0 Å². The van der Waals surface area contributed by atoms with Crippen molar-refractivity contribution >= 4 is 35.6 Å². The number of ether oxygens (including phenoxy) is 2. The van der Waals surface area contributed by atoms with Gasteiger partial charge in [-0.25, -0.2) is 0 Å². The minimum atomic E-state index is 0. The van der Waals surface area contributed by atoms with Crippen LogP contribution in [0.4, 0.5) is 5.69 Å². The van der Waals surface area contributed by atoms with Crippen molar-refractivity contribution in [3.8, 4) is 11.5 Å². The average Bonchev–Trinajstić information content (AvgIpc) is 2.92. The third-order valence-corrected chi connectivity index (χ3v) is 4.50. The molecule has 6 nitrogen and oxygen atoms in total. The summed E-state index contributed by atoms with van der Waals surface area (Å²) in [7, 11) is 5.93. The maximum Gasteiger partial charge on any atom is 0.195 e. The highest BCUT2D eigenvalue weighted by atomic mass is 127. The Labute approximate surface area is 184 Å². The van der Waals surface area contributed by atoms with E-state index in [1.54, 1.807) is 7.05 Å². The standard InChI is InChI=1S/C21H28N4O2.HI/c1-22-21(23-15-18(25(2)3)16-8-5-4-6-9-16)24-17-10-11-19-20(14-17)27-13-7-12-26-19;/h4-6,8-11,14,18H,7,12-13,15H2,1-3H3,(H2,22,23,24);1H. The summed E-state index contributed by atoms with van der Waals surface area (Å²) in [4.78, 5) is 6.54. The molecule has 2 aromatic carbocycles. The Bertz CT molecular complexity index is 768. The number of fused-ring (bicyclic) bond motifs is 1. The predicted molar refractivity (Wildman–Crippen MR) is 125 cm³/mol. The van der Waals surface area contributed by atoms with Crippen LogP contribution >= 0.6 is 24.0 Å². The number of aliphatic imine (C=N–C) groups is 1. The number of likely N-dealkylation sites (N-methyl/N-ethyl adjacent to an activating group) is 1. The Morgan fingerprint density at radius 1 is 1.07 bits per heavy atom. The predicted octanol–water partition coefficient (Wildman–Crippen LogP) is 3.76. The van der Waals surface area contributed by atoms with E-state index in [-0.39, 0.29) is 30.0 Å². The first-order valence-electron chi connectivity index (χ1n) is 9.26. The van der Waals surface area contributed by atoms with E-state index in [1.807, 2.05) is 24.3 Å². The SMILES string of the molecule is CN=C(NCC(c1ccccc1)N(C)C)Nc1ccc2c(c1)OCCCO2.I. The van der Waals surface area contributed by atoms with Gasteiger partial charge in [0.1, 0.15) is 0 Å². The highest BCUT2D eigenvalue weighted by Crippen LogP contribution is 2.32. The van der Waals surface area contributed by atoms with Crippen molar-refractivity contribution in [3.63, 3.8) is 0 Å². The molecule has 1 atom stereocenters. The van der Waals surface area contributed by atoms with Gasteiger partial charge < -0.3 is 25.0 Å². The van der Waals surface area contributed by atoms with Crippen molar-refractivity contribution in [2.75, 3.05) is 46.2 Å². The van der Waals surface area contributed by atoms with Gasteiger partial charge in [0.15, 0.2) is 17.5 Å². The van der Waals surface area contributed by atoms with E-state index in [0.29, 0.717) is 19.2 Å². The molecule has 7 heteroatoms. The zero-order valence-electron chi connectivity index (χ0n) is 16.6. The van der Waals surface area contributed by atoms with Gasteiger partial charge >= 0.3 is 0 Å². The lowest BCUT2D eigenvalue weighted by molar-refractivity contribution is 0.297. The molecule has 0 spiro atoms. The molecule has 0 aromatic heterocycles.